The molecule has 0 aromatic rings. The van der Waals surface area contributed by atoms with Gasteiger partial charge in [0.25, 0.3) is 5.91 Å². The van der Waals surface area contributed by atoms with Crippen LogP contribution in [-0.4, -0.2) is 53.2 Å². The zero-order valence-corrected chi connectivity index (χ0v) is 12.2. The Morgan fingerprint density at radius 3 is 2.70 bits per heavy atom. The highest BCUT2D eigenvalue weighted by atomic mass is 16.3. The van der Waals surface area contributed by atoms with Crippen molar-refractivity contribution in [1.29, 1.82) is 0 Å². The van der Waals surface area contributed by atoms with Crippen molar-refractivity contribution in [3.8, 4) is 0 Å². The quantitative estimate of drug-likeness (QED) is 0.492. The van der Waals surface area contributed by atoms with E-state index < -0.39 is 11.6 Å². The van der Waals surface area contributed by atoms with Crippen LogP contribution in [0, 0.1) is 0 Å². The summed E-state index contributed by atoms with van der Waals surface area (Å²) in [6, 6.07) is -0.355. The number of β-amino-alcohol motifs (C(OH)–C–C–N with tert-alkyl or cyclic N) is 1. The molecular weight excluding hydrogens is 258 g/mol. The predicted molar refractivity (Wildman–Crippen MR) is 75.2 cm³/mol. The van der Waals surface area contributed by atoms with Crippen molar-refractivity contribution in [3.05, 3.63) is 0 Å². The summed E-state index contributed by atoms with van der Waals surface area (Å²) in [6.45, 7) is 3.34. The fourth-order valence-electron chi connectivity index (χ4n) is 3.06. The molecule has 1 unspecified atom stereocenters. The molecule has 3 N–H and O–H groups in total. The van der Waals surface area contributed by atoms with E-state index >= 15 is 0 Å². The van der Waals surface area contributed by atoms with Crippen LogP contribution >= 0.6 is 0 Å². The lowest BCUT2D eigenvalue weighted by molar-refractivity contribution is -0.133. The van der Waals surface area contributed by atoms with Gasteiger partial charge in [-0.3, -0.25) is 9.69 Å². The van der Waals surface area contributed by atoms with Crippen LogP contribution in [0.15, 0.2) is 0 Å². The smallest absolute Gasteiger partial charge is 0.325 e. The van der Waals surface area contributed by atoms with E-state index in [0.717, 1.165) is 45.1 Å². The third-order valence-electron chi connectivity index (χ3n) is 4.15. The van der Waals surface area contributed by atoms with E-state index in [9.17, 15) is 14.7 Å². The maximum absolute atomic E-state index is 12.5. The molecule has 1 aliphatic carbocycles. The Labute approximate surface area is 119 Å². The molecule has 2 aliphatic rings. The first-order valence-corrected chi connectivity index (χ1v) is 7.62. The van der Waals surface area contributed by atoms with Crippen LogP contribution < -0.4 is 10.6 Å². The lowest BCUT2D eigenvalue weighted by Gasteiger charge is -2.30. The van der Waals surface area contributed by atoms with Crippen LogP contribution in [0.4, 0.5) is 4.79 Å². The largest absolute Gasteiger partial charge is 0.390 e. The number of aliphatic hydroxyl groups excluding tert-OH is 1. The number of aliphatic hydroxyl groups is 1. The minimum Gasteiger partial charge on any atom is -0.390 e. The van der Waals surface area contributed by atoms with Crippen molar-refractivity contribution in [2.75, 3.05) is 19.6 Å². The second-order valence-corrected chi connectivity index (χ2v) is 5.85. The van der Waals surface area contributed by atoms with E-state index in [0.29, 0.717) is 6.54 Å². The van der Waals surface area contributed by atoms with Gasteiger partial charge in [-0.15, -0.1) is 0 Å². The molecular formula is C14H25N3O3. The molecule has 0 aromatic carbocycles. The van der Waals surface area contributed by atoms with Gasteiger partial charge in [0.15, 0.2) is 0 Å². The molecule has 1 heterocycles. The summed E-state index contributed by atoms with van der Waals surface area (Å²) in [7, 11) is 0. The van der Waals surface area contributed by atoms with E-state index in [2.05, 4.69) is 10.6 Å². The molecule has 1 saturated carbocycles. The average molecular weight is 283 g/mol. The van der Waals surface area contributed by atoms with Crippen molar-refractivity contribution in [3.63, 3.8) is 0 Å². The predicted octanol–water partition coefficient (Wildman–Crippen LogP) is 0.602. The van der Waals surface area contributed by atoms with Crippen LogP contribution in [0.2, 0.25) is 0 Å². The van der Waals surface area contributed by atoms with Gasteiger partial charge in [0.1, 0.15) is 5.54 Å². The van der Waals surface area contributed by atoms with Crippen LogP contribution in [0.3, 0.4) is 0 Å². The number of urea groups is 1. The number of hydrogen-bond acceptors (Lipinski definition) is 4. The van der Waals surface area contributed by atoms with E-state index in [1.807, 2.05) is 6.92 Å². The third kappa shape index (κ3) is 3.12. The number of imide groups is 1. The summed E-state index contributed by atoms with van der Waals surface area (Å²) in [5, 5.41) is 15.9. The van der Waals surface area contributed by atoms with Gasteiger partial charge in [-0.2, -0.15) is 0 Å². The Balaban J connectivity index is 1.91. The first-order valence-electron chi connectivity index (χ1n) is 7.62. The van der Waals surface area contributed by atoms with Crippen LogP contribution in [0.5, 0.6) is 0 Å². The molecule has 1 spiro atoms. The zero-order chi connectivity index (χ0) is 14.6. The van der Waals surface area contributed by atoms with Crippen LogP contribution in [0.25, 0.3) is 0 Å². The maximum atomic E-state index is 12.5. The fraction of sp³-hybridized carbons (Fsp3) is 0.857. The van der Waals surface area contributed by atoms with E-state index in [1.54, 1.807) is 0 Å². The highest BCUT2D eigenvalue weighted by Gasteiger charge is 2.51. The van der Waals surface area contributed by atoms with Gasteiger partial charge in [0.2, 0.25) is 0 Å². The molecule has 2 rings (SSSR count). The minimum absolute atomic E-state index is 0.0726. The lowest BCUT2D eigenvalue weighted by Crippen LogP contribution is -2.49. The summed E-state index contributed by atoms with van der Waals surface area (Å²) >= 11 is 0. The van der Waals surface area contributed by atoms with E-state index in [4.69, 9.17) is 0 Å². The Hall–Kier alpha value is -1.14. The number of amides is 3. The Kier molecular flexibility index (Phi) is 4.99. The number of rotatable bonds is 6. The monoisotopic (exact) mass is 283 g/mol. The average Bonchev–Trinajstić information content (AvgIpc) is 2.65. The van der Waals surface area contributed by atoms with Crippen molar-refractivity contribution >= 4 is 11.9 Å². The van der Waals surface area contributed by atoms with Crippen LogP contribution in [-0.2, 0) is 4.79 Å². The first kappa shape index (κ1) is 15.3. The summed E-state index contributed by atoms with van der Waals surface area (Å²) in [4.78, 5) is 25.6. The van der Waals surface area contributed by atoms with Crippen LogP contribution in [0.1, 0.15) is 45.4 Å². The van der Waals surface area contributed by atoms with E-state index in [1.165, 1.54) is 4.90 Å². The fourth-order valence-corrected chi connectivity index (χ4v) is 3.06. The topological polar surface area (TPSA) is 81.7 Å². The lowest BCUT2D eigenvalue weighted by atomic mass is 9.82. The Morgan fingerprint density at radius 1 is 1.35 bits per heavy atom. The number of hydrogen-bond donors (Lipinski definition) is 3. The standard InChI is InChI=1S/C14H25N3O3/c1-2-8-15-9-11(18)10-17-12(19)14(16-13(17)20)6-4-3-5-7-14/h11,15,18H,2-10H2,1H3,(H,16,20). The molecule has 1 aliphatic heterocycles. The maximum Gasteiger partial charge on any atom is 0.325 e. The molecule has 114 valence electrons. The molecule has 6 nitrogen and oxygen atoms in total. The van der Waals surface area contributed by atoms with Gasteiger partial charge < -0.3 is 15.7 Å². The minimum atomic E-state index is -0.713. The second-order valence-electron chi connectivity index (χ2n) is 5.85. The second kappa shape index (κ2) is 6.54. The number of nitrogens with one attached hydrogen (secondary N) is 2. The highest BCUT2D eigenvalue weighted by molar-refractivity contribution is 6.07. The Morgan fingerprint density at radius 2 is 2.05 bits per heavy atom. The van der Waals surface area contributed by atoms with Gasteiger partial charge in [0.05, 0.1) is 12.6 Å². The van der Waals surface area contributed by atoms with E-state index in [-0.39, 0.29) is 18.5 Å². The van der Waals surface area contributed by atoms with Gasteiger partial charge >= 0.3 is 6.03 Å². The number of carbonyl (C=O) groups is 2. The SMILES string of the molecule is CCCNCC(O)CN1C(=O)NC2(CCCCC2)C1=O. The molecule has 1 saturated heterocycles. The van der Waals surface area contributed by atoms with Gasteiger partial charge in [-0.1, -0.05) is 26.2 Å². The van der Waals surface area contributed by atoms with Crippen molar-refractivity contribution in [2.45, 2.75) is 57.1 Å². The summed E-state index contributed by atoms with van der Waals surface area (Å²) in [5.41, 5.74) is -0.689. The molecule has 20 heavy (non-hydrogen) atoms. The summed E-state index contributed by atoms with van der Waals surface area (Å²) in [6.07, 6.45) is 4.78. The summed E-state index contributed by atoms with van der Waals surface area (Å²) < 4.78 is 0. The van der Waals surface area contributed by atoms with Crippen molar-refractivity contribution in [1.82, 2.24) is 15.5 Å². The Bertz CT molecular complexity index is 367. The molecule has 0 radical (unpaired) electrons. The normalized spacial score (nSPS) is 23.2. The molecule has 2 fully saturated rings. The third-order valence-corrected chi connectivity index (χ3v) is 4.15. The molecule has 6 heteroatoms. The number of carbonyl (C=O) groups excluding carboxylic acids is 2. The molecule has 0 aromatic heterocycles. The first-order chi connectivity index (χ1) is 9.59. The zero-order valence-electron chi connectivity index (χ0n) is 12.2. The molecule has 3 amide bonds. The summed E-state index contributed by atoms with van der Waals surface area (Å²) in [5.74, 6) is -0.156. The van der Waals surface area contributed by atoms with Gasteiger partial charge in [0, 0.05) is 6.54 Å². The van der Waals surface area contributed by atoms with Gasteiger partial charge in [-0.25, -0.2) is 4.79 Å². The number of nitrogens with zero attached hydrogens (tertiary/aromatic N) is 1. The van der Waals surface area contributed by atoms with Gasteiger partial charge in [-0.05, 0) is 25.8 Å². The molecule has 1 atom stereocenters. The van der Waals surface area contributed by atoms with Crippen molar-refractivity contribution in [2.24, 2.45) is 0 Å². The van der Waals surface area contributed by atoms with Crippen molar-refractivity contribution < 1.29 is 14.7 Å². The highest BCUT2D eigenvalue weighted by Crippen LogP contribution is 2.33. The molecule has 0 bridgehead atoms.